The fourth-order valence-corrected chi connectivity index (χ4v) is 5.20. The number of carbonyl (C=O) groups excluding carboxylic acids is 3. The minimum absolute atomic E-state index is 0.0514. The van der Waals surface area contributed by atoms with Crippen molar-refractivity contribution in [2.45, 2.75) is 42.1 Å². The number of halogens is 6. The highest BCUT2D eigenvalue weighted by molar-refractivity contribution is 7.88. The van der Waals surface area contributed by atoms with E-state index in [0.717, 1.165) is 0 Å². The fourth-order valence-electron chi connectivity index (χ4n) is 4.35. The summed E-state index contributed by atoms with van der Waals surface area (Å²) in [7, 11) is -7.18. The Bertz CT molecular complexity index is 881. The van der Waals surface area contributed by atoms with Gasteiger partial charge >= 0.3 is 45.1 Å². The van der Waals surface area contributed by atoms with E-state index in [4.69, 9.17) is 14.0 Å². The van der Waals surface area contributed by atoms with Gasteiger partial charge in [-0.15, -0.1) is 0 Å². The lowest BCUT2D eigenvalue weighted by molar-refractivity contribution is -0.270. The van der Waals surface area contributed by atoms with Crippen molar-refractivity contribution >= 4 is 28.0 Å². The first-order valence-corrected chi connectivity index (χ1v) is 9.62. The van der Waals surface area contributed by atoms with E-state index in [1.165, 1.54) is 0 Å². The van der Waals surface area contributed by atoms with Crippen molar-refractivity contribution in [1.82, 2.24) is 0 Å². The van der Waals surface area contributed by atoms with Gasteiger partial charge in [-0.25, -0.2) is 9.59 Å². The molecule has 1 N–H and O–H groups in total. The van der Waals surface area contributed by atoms with Crippen LogP contribution in [0.5, 0.6) is 0 Å². The molecular formula is C14H12F6O9S. The molecule has 3 aliphatic rings. The molecule has 1 heterocycles. The number of ether oxygens (including phenoxy) is 3. The number of carbonyl (C=O) groups is 3. The molecule has 3 rings (SSSR count). The minimum atomic E-state index is -7.18. The summed E-state index contributed by atoms with van der Waals surface area (Å²) in [4.78, 5) is 35.2. The molecule has 30 heavy (non-hydrogen) atoms. The molecule has 0 amide bonds. The first kappa shape index (κ1) is 22.6. The molecular weight excluding hydrogens is 458 g/mol. The normalized spacial score (nSPS) is 30.9. The zero-order valence-electron chi connectivity index (χ0n) is 14.4. The topological polar surface area (TPSA) is 133 Å². The first-order chi connectivity index (χ1) is 13.5. The first-order valence-electron chi connectivity index (χ1n) is 8.18. The Kier molecular flexibility index (Phi) is 4.85. The second-order valence-electron chi connectivity index (χ2n) is 7.19. The highest BCUT2D eigenvalue weighted by Gasteiger charge is 2.85. The van der Waals surface area contributed by atoms with Gasteiger partial charge in [0.1, 0.15) is 0 Å². The van der Waals surface area contributed by atoms with E-state index in [-0.39, 0.29) is 12.3 Å². The maximum absolute atomic E-state index is 13.0. The molecule has 4 unspecified atom stereocenters. The van der Waals surface area contributed by atoms with Gasteiger partial charge in [0.2, 0.25) is 0 Å². The molecule has 0 radical (unpaired) electrons. The van der Waals surface area contributed by atoms with Crippen molar-refractivity contribution in [2.24, 2.45) is 17.8 Å². The standard InChI is InChI=1S/C14H12F6O9S/c15-13(16,17)12(14(18,19)20,30(24,25)26)10(23)27-4-8(21)28-11-3-5-1-6(7(11)2-5)9(22)29-11/h5-7H,1-4H2,(H,24,25,26). The Morgan fingerprint density at radius 3 is 2.17 bits per heavy atom. The molecule has 0 spiro atoms. The molecule has 0 aromatic carbocycles. The van der Waals surface area contributed by atoms with Gasteiger partial charge in [-0.2, -0.15) is 34.8 Å². The fraction of sp³-hybridized carbons (Fsp3) is 0.786. The lowest BCUT2D eigenvalue weighted by atomic mass is 9.87. The zero-order chi connectivity index (χ0) is 22.9. The van der Waals surface area contributed by atoms with E-state index >= 15 is 0 Å². The summed E-state index contributed by atoms with van der Waals surface area (Å²) < 4.78 is 116. The van der Waals surface area contributed by atoms with Crippen molar-refractivity contribution in [3.8, 4) is 0 Å². The number of alkyl halides is 6. The average Bonchev–Trinajstić information content (AvgIpc) is 3.09. The second-order valence-corrected chi connectivity index (χ2v) is 8.75. The van der Waals surface area contributed by atoms with E-state index in [0.29, 0.717) is 12.8 Å². The summed E-state index contributed by atoms with van der Waals surface area (Å²) in [6.45, 7) is -1.86. The van der Waals surface area contributed by atoms with Crippen LogP contribution in [0.25, 0.3) is 0 Å². The van der Waals surface area contributed by atoms with E-state index in [9.17, 15) is 49.1 Å². The van der Waals surface area contributed by atoms with Gasteiger partial charge in [0.05, 0.1) is 11.8 Å². The average molecular weight is 470 g/mol. The Morgan fingerprint density at radius 2 is 1.70 bits per heavy atom. The van der Waals surface area contributed by atoms with Crippen LogP contribution in [-0.4, -0.2) is 60.4 Å². The third kappa shape index (κ3) is 3.02. The SMILES string of the molecule is O=C(COC(=O)C(C(F)(F)F)(C(F)(F)F)S(=O)(=O)O)OC12CC3CC(C(=O)O1)C2C3. The summed E-state index contributed by atoms with van der Waals surface area (Å²) in [6, 6.07) is 0. The largest absolute Gasteiger partial charge is 0.452 e. The third-order valence-electron chi connectivity index (χ3n) is 5.45. The second kappa shape index (κ2) is 6.45. The Hall–Kier alpha value is -2.10. The highest BCUT2D eigenvalue weighted by Crippen LogP contribution is 2.60. The number of hydrogen-bond donors (Lipinski definition) is 1. The molecule has 3 fully saturated rings. The van der Waals surface area contributed by atoms with E-state index in [1.54, 1.807) is 0 Å². The third-order valence-corrected chi connectivity index (χ3v) is 6.86. The van der Waals surface area contributed by atoms with Gasteiger partial charge in [0.15, 0.2) is 6.61 Å². The predicted molar refractivity (Wildman–Crippen MR) is 76.6 cm³/mol. The highest BCUT2D eigenvalue weighted by atomic mass is 32.2. The van der Waals surface area contributed by atoms with Crippen LogP contribution >= 0.6 is 0 Å². The van der Waals surface area contributed by atoms with Gasteiger partial charge in [0, 0.05) is 6.42 Å². The van der Waals surface area contributed by atoms with Crippen LogP contribution in [0.15, 0.2) is 0 Å². The Labute approximate surface area is 163 Å². The van der Waals surface area contributed by atoms with Crippen LogP contribution in [0, 0.1) is 17.8 Å². The molecule has 170 valence electrons. The van der Waals surface area contributed by atoms with Crippen LogP contribution in [-0.2, 0) is 38.7 Å². The number of rotatable bonds is 5. The molecule has 16 heteroatoms. The van der Waals surface area contributed by atoms with E-state index in [2.05, 4.69) is 4.74 Å². The van der Waals surface area contributed by atoms with Crippen molar-refractivity contribution in [3.05, 3.63) is 0 Å². The number of fused-ring (bicyclic) bond motifs is 1. The predicted octanol–water partition coefficient (Wildman–Crippen LogP) is 1.12. The zero-order valence-corrected chi connectivity index (χ0v) is 15.3. The van der Waals surface area contributed by atoms with Gasteiger partial charge < -0.3 is 14.2 Å². The molecule has 2 bridgehead atoms. The van der Waals surface area contributed by atoms with E-state index in [1.807, 2.05) is 0 Å². The van der Waals surface area contributed by atoms with Crippen molar-refractivity contribution in [1.29, 1.82) is 0 Å². The van der Waals surface area contributed by atoms with Crippen LogP contribution in [0.1, 0.15) is 19.3 Å². The van der Waals surface area contributed by atoms with Crippen LogP contribution in [0.3, 0.4) is 0 Å². The number of esters is 3. The van der Waals surface area contributed by atoms with Gasteiger partial charge in [-0.1, -0.05) is 0 Å². The van der Waals surface area contributed by atoms with Crippen LogP contribution in [0.2, 0.25) is 0 Å². The maximum Gasteiger partial charge on any atom is 0.430 e. The summed E-state index contributed by atoms with van der Waals surface area (Å²) in [5.74, 6) is -8.78. The summed E-state index contributed by atoms with van der Waals surface area (Å²) in [6.07, 6.45) is -12.8. The van der Waals surface area contributed by atoms with Crippen molar-refractivity contribution in [3.63, 3.8) is 0 Å². The molecule has 2 aliphatic carbocycles. The lowest BCUT2D eigenvalue weighted by Gasteiger charge is -2.32. The Morgan fingerprint density at radius 1 is 1.13 bits per heavy atom. The van der Waals surface area contributed by atoms with Crippen LogP contribution in [0.4, 0.5) is 26.3 Å². The number of hydrogen-bond acceptors (Lipinski definition) is 8. The van der Waals surface area contributed by atoms with Crippen LogP contribution < -0.4 is 0 Å². The van der Waals surface area contributed by atoms with Gasteiger partial charge in [0.25, 0.3) is 5.79 Å². The molecule has 2 saturated carbocycles. The quantitative estimate of drug-likeness (QED) is 0.357. The lowest BCUT2D eigenvalue weighted by Crippen LogP contribution is -2.67. The molecule has 9 nitrogen and oxygen atoms in total. The summed E-state index contributed by atoms with van der Waals surface area (Å²) in [5.41, 5.74) is 0. The molecule has 1 aliphatic heterocycles. The molecule has 4 atom stereocenters. The van der Waals surface area contributed by atoms with Gasteiger partial charge in [-0.3, -0.25) is 9.35 Å². The van der Waals surface area contributed by atoms with Crippen molar-refractivity contribution in [2.75, 3.05) is 6.61 Å². The smallest absolute Gasteiger partial charge is 0.430 e. The van der Waals surface area contributed by atoms with Crippen molar-refractivity contribution < 1.29 is 67.9 Å². The van der Waals surface area contributed by atoms with E-state index < -0.39 is 69.4 Å². The maximum atomic E-state index is 13.0. The molecule has 1 saturated heterocycles. The minimum Gasteiger partial charge on any atom is -0.452 e. The summed E-state index contributed by atoms with van der Waals surface area (Å²) >= 11 is 0. The Balaban J connectivity index is 1.77. The summed E-state index contributed by atoms with van der Waals surface area (Å²) in [5, 5.41) is 0. The molecule has 0 aromatic rings. The monoisotopic (exact) mass is 470 g/mol. The molecule has 0 aromatic heterocycles. The van der Waals surface area contributed by atoms with Gasteiger partial charge in [-0.05, 0) is 18.8 Å².